The van der Waals surface area contributed by atoms with E-state index < -0.39 is 0 Å². The van der Waals surface area contributed by atoms with Gasteiger partial charge >= 0.3 is 0 Å². The molecule has 2 aromatic heterocycles. The van der Waals surface area contributed by atoms with Gasteiger partial charge in [-0.2, -0.15) is 5.10 Å². The van der Waals surface area contributed by atoms with Gasteiger partial charge in [0.05, 0.1) is 17.5 Å². The van der Waals surface area contributed by atoms with Crippen LogP contribution in [0, 0.1) is 0 Å². The molecule has 7 nitrogen and oxygen atoms in total. The van der Waals surface area contributed by atoms with Gasteiger partial charge in [-0.05, 0) is 11.5 Å². The Labute approximate surface area is 120 Å². The highest BCUT2D eigenvalue weighted by Gasteiger charge is 2.30. The Bertz CT molecular complexity index is 622. The first-order chi connectivity index (χ1) is 9.68. The van der Waals surface area contributed by atoms with Gasteiger partial charge < -0.3 is 10.6 Å². The van der Waals surface area contributed by atoms with E-state index in [2.05, 4.69) is 20.2 Å². The number of nitrogens with one attached hydrogen (secondary N) is 1. The zero-order chi connectivity index (χ0) is 14.1. The number of aromatic amines is 1. The van der Waals surface area contributed by atoms with Crippen molar-refractivity contribution in [3.63, 3.8) is 0 Å². The van der Waals surface area contributed by atoms with Crippen molar-refractivity contribution < 1.29 is 0 Å². The van der Waals surface area contributed by atoms with Crippen LogP contribution in [0.3, 0.4) is 0 Å². The fourth-order valence-corrected chi connectivity index (χ4v) is 2.87. The van der Waals surface area contributed by atoms with E-state index in [-0.39, 0.29) is 5.50 Å². The first-order valence-corrected chi connectivity index (χ1v) is 7.01. The Morgan fingerprint density at radius 3 is 2.80 bits per heavy atom. The molecule has 3 N–H and O–H groups in total. The lowest BCUT2D eigenvalue weighted by atomic mass is 10.2. The molecule has 0 bridgehead atoms. The Morgan fingerprint density at radius 2 is 2.10 bits per heavy atom. The van der Waals surface area contributed by atoms with Crippen molar-refractivity contribution in [2.24, 2.45) is 5.73 Å². The fourth-order valence-electron chi connectivity index (χ4n) is 2.03. The van der Waals surface area contributed by atoms with E-state index >= 15 is 0 Å². The number of anilines is 2. The second-order valence-electron chi connectivity index (χ2n) is 4.48. The molecule has 0 amide bonds. The maximum Gasteiger partial charge on any atom is 0.231 e. The Balaban J connectivity index is 2.02. The van der Waals surface area contributed by atoms with E-state index in [0.717, 1.165) is 17.1 Å². The summed E-state index contributed by atoms with van der Waals surface area (Å²) < 4.78 is 0. The minimum absolute atomic E-state index is 0.239. The molecule has 20 heavy (non-hydrogen) atoms. The zero-order valence-corrected chi connectivity index (χ0v) is 12.0. The third kappa shape index (κ3) is 2.12. The molecule has 0 saturated carbocycles. The van der Waals surface area contributed by atoms with Crippen molar-refractivity contribution >= 4 is 29.2 Å². The molecule has 3 rings (SSSR count). The molecular weight excluding hydrogens is 274 g/mol. The van der Waals surface area contributed by atoms with Gasteiger partial charge in [0, 0.05) is 26.5 Å². The van der Waals surface area contributed by atoms with Crippen LogP contribution in [0.25, 0.3) is 5.70 Å². The average Bonchev–Trinajstić information content (AvgIpc) is 3.05. The summed E-state index contributed by atoms with van der Waals surface area (Å²) in [5.74, 6) is 1.51. The highest BCUT2D eigenvalue weighted by atomic mass is 32.2. The molecule has 0 aromatic carbocycles. The monoisotopic (exact) mass is 289 g/mol. The number of nitrogens with zero attached hydrogens (tertiary/aromatic N) is 5. The number of nitrogens with two attached hydrogens (primary N) is 1. The fraction of sp³-hybridized carbons (Fsp3) is 0.250. The van der Waals surface area contributed by atoms with Crippen LogP contribution in [0.1, 0.15) is 5.56 Å². The Hall–Kier alpha value is -2.06. The largest absolute Gasteiger partial charge is 0.363 e. The van der Waals surface area contributed by atoms with Crippen molar-refractivity contribution in [3.8, 4) is 0 Å². The van der Waals surface area contributed by atoms with Gasteiger partial charge in [0.25, 0.3) is 0 Å². The maximum absolute atomic E-state index is 6.15. The molecule has 1 atom stereocenters. The molecule has 0 radical (unpaired) electrons. The Morgan fingerprint density at radius 1 is 1.35 bits per heavy atom. The number of hydrogen-bond donors (Lipinski definition) is 2. The van der Waals surface area contributed by atoms with Crippen molar-refractivity contribution in [2.75, 3.05) is 23.9 Å². The first kappa shape index (κ1) is 12.9. The summed E-state index contributed by atoms with van der Waals surface area (Å²) in [6.07, 6.45) is 5.20. The molecule has 2 aromatic rings. The summed E-state index contributed by atoms with van der Waals surface area (Å²) >= 11 is 1.53. The van der Waals surface area contributed by atoms with E-state index in [1.807, 2.05) is 29.3 Å². The van der Waals surface area contributed by atoms with E-state index in [1.54, 1.807) is 24.7 Å². The van der Waals surface area contributed by atoms with E-state index in [4.69, 9.17) is 5.73 Å². The van der Waals surface area contributed by atoms with Crippen molar-refractivity contribution in [1.29, 1.82) is 0 Å². The lowest BCUT2D eigenvalue weighted by Gasteiger charge is -2.24. The van der Waals surface area contributed by atoms with Crippen molar-refractivity contribution in [3.05, 3.63) is 35.6 Å². The smallest absolute Gasteiger partial charge is 0.231 e. The molecular formula is C12H15N7S. The molecule has 1 aliphatic rings. The van der Waals surface area contributed by atoms with Gasteiger partial charge in [0.15, 0.2) is 0 Å². The van der Waals surface area contributed by atoms with Crippen LogP contribution in [-0.4, -0.2) is 39.8 Å². The molecule has 0 fully saturated rings. The second kappa shape index (κ2) is 5.14. The van der Waals surface area contributed by atoms with Gasteiger partial charge in [-0.15, -0.1) is 0 Å². The first-order valence-electron chi connectivity index (χ1n) is 6.07. The number of thioether (sulfide) groups is 1. The third-order valence-electron chi connectivity index (χ3n) is 2.94. The molecule has 0 spiro atoms. The third-order valence-corrected chi connectivity index (χ3v) is 3.79. The van der Waals surface area contributed by atoms with Crippen LogP contribution < -0.4 is 15.5 Å². The molecule has 0 aliphatic carbocycles. The Kier molecular flexibility index (Phi) is 3.33. The van der Waals surface area contributed by atoms with Crippen LogP contribution in [0.2, 0.25) is 0 Å². The molecule has 8 heteroatoms. The molecule has 104 valence electrons. The summed E-state index contributed by atoms with van der Waals surface area (Å²) in [4.78, 5) is 12.4. The normalized spacial score (nSPS) is 18.2. The minimum Gasteiger partial charge on any atom is -0.363 e. The topological polar surface area (TPSA) is 87.0 Å². The summed E-state index contributed by atoms with van der Waals surface area (Å²) in [5.41, 5.74) is 7.83. The van der Waals surface area contributed by atoms with E-state index in [0.29, 0.717) is 5.95 Å². The van der Waals surface area contributed by atoms with E-state index in [1.165, 1.54) is 11.8 Å². The average molecular weight is 289 g/mol. The summed E-state index contributed by atoms with van der Waals surface area (Å²) in [5, 5.41) is 9.12. The highest BCUT2D eigenvalue weighted by molar-refractivity contribution is 8.03. The quantitative estimate of drug-likeness (QED) is 0.873. The number of rotatable bonds is 3. The predicted molar refractivity (Wildman–Crippen MR) is 81.0 cm³/mol. The van der Waals surface area contributed by atoms with Gasteiger partial charge in [0.1, 0.15) is 11.3 Å². The SMILES string of the molecule is CN(C)c1[nH]ncc1C1=CSC(N)N1c1ncccn1. The predicted octanol–water partition coefficient (Wildman–Crippen LogP) is 1.06. The van der Waals surface area contributed by atoms with Crippen LogP contribution >= 0.6 is 11.8 Å². The maximum atomic E-state index is 6.15. The highest BCUT2D eigenvalue weighted by Crippen LogP contribution is 2.38. The summed E-state index contributed by atoms with van der Waals surface area (Å²) in [6, 6.07) is 1.78. The van der Waals surface area contributed by atoms with Crippen molar-refractivity contribution in [2.45, 2.75) is 5.50 Å². The molecule has 1 aliphatic heterocycles. The number of hydrogen-bond acceptors (Lipinski definition) is 7. The number of aromatic nitrogens is 4. The van der Waals surface area contributed by atoms with Gasteiger partial charge in [0.2, 0.25) is 5.95 Å². The van der Waals surface area contributed by atoms with Crippen LogP contribution in [0.5, 0.6) is 0 Å². The van der Waals surface area contributed by atoms with Gasteiger partial charge in [-0.3, -0.25) is 10.00 Å². The van der Waals surface area contributed by atoms with Crippen LogP contribution in [0.4, 0.5) is 11.8 Å². The van der Waals surface area contributed by atoms with Crippen molar-refractivity contribution in [1.82, 2.24) is 20.2 Å². The molecule has 1 unspecified atom stereocenters. The van der Waals surface area contributed by atoms with Crippen LogP contribution in [0.15, 0.2) is 30.1 Å². The lowest BCUT2D eigenvalue weighted by molar-refractivity contribution is 0.887. The molecule has 0 saturated heterocycles. The lowest BCUT2D eigenvalue weighted by Crippen LogP contribution is -2.36. The standard InChI is InChI=1S/C12H15N7S/c1-18(2)10-8(6-16-17-10)9-7-20-11(13)19(9)12-14-4-3-5-15-12/h3-7,11H,13H2,1-2H3,(H,16,17). The second-order valence-corrected chi connectivity index (χ2v) is 5.47. The van der Waals surface area contributed by atoms with Crippen LogP contribution in [-0.2, 0) is 0 Å². The van der Waals surface area contributed by atoms with E-state index in [9.17, 15) is 0 Å². The number of H-pyrrole nitrogens is 1. The minimum atomic E-state index is -0.239. The van der Waals surface area contributed by atoms with Gasteiger partial charge in [-0.25, -0.2) is 9.97 Å². The summed E-state index contributed by atoms with van der Waals surface area (Å²) in [6.45, 7) is 0. The summed E-state index contributed by atoms with van der Waals surface area (Å²) in [7, 11) is 3.92. The zero-order valence-electron chi connectivity index (χ0n) is 11.2. The van der Waals surface area contributed by atoms with Gasteiger partial charge in [-0.1, -0.05) is 11.8 Å². The molecule has 3 heterocycles.